The summed E-state index contributed by atoms with van der Waals surface area (Å²) in [6.45, 7) is -2.70. The van der Waals surface area contributed by atoms with Gasteiger partial charge in [-0.05, 0) is 11.6 Å². The van der Waals surface area contributed by atoms with E-state index in [1.807, 2.05) is 0 Å². The normalized spacial score (nSPS) is 49.6. The number of phenolic OH excluding ortho intramolecular Hbond substituents is 1. The van der Waals surface area contributed by atoms with Crippen molar-refractivity contribution in [2.75, 3.05) is 13.5 Å². The average molecular weight is 304 g/mol. The van der Waals surface area contributed by atoms with Crippen molar-refractivity contribution in [1.82, 2.24) is 0 Å². The second kappa shape index (κ2) is 3.67. The number of ether oxygens (including phenoxy) is 1. The van der Waals surface area contributed by atoms with E-state index in [9.17, 15) is 15.4 Å². The number of hydrogen-bond donors (Lipinski definition) is 2. The van der Waals surface area contributed by atoms with Crippen LogP contribution >= 0.6 is 0 Å². The fourth-order valence-electron chi connectivity index (χ4n) is 5.21. The molecule has 0 saturated carbocycles. The predicted molar refractivity (Wildman–Crippen MR) is 79.4 cm³/mol. The molecule has 5 rings (SSSR count). The maximum Gasteiger partial charge on any atom is 0.165 e. The van der Waals surface area contributed by atoms with Crippen LogP contribution in [0.25, 0.3) is 0 Å². The SMILES string of the molecule is [2H]C([2H])([2H])[N@@+]1([O-])CC[C@]23c4c5ccc(O)c4O[C@H]2[C@@H](O)C=C[C@H]3[C@H]1C5. The molecule has 1 aromatic carbocycles. The highest BCUT2D eigenvalue weighted by molar-refractivity contribution is 5.61. The summed E-state index contributed by atoms with van der Waals surface area (Å²) in [5, 5.41) is 34.1. The van der Waals surface area contributed by atoms with E-state index >= 15 is 0 Å². The second-order valence-electron chi connectivity index (χ2n) is 6.97. The van der Waals surface area contributed by atoms with Crippen LogP contribution in [0.15, 0.2) is 24.3 Å². The summed E-state index contributed by atoms with van der Waals surface area (Å²) in [7, 11) is 0. The minimum atomic E-state index is -2.65. The Bertz CT molecular complexity index is 810. The molecule has 1 spiro atoms. The van der Waals surface area contributed by atoms with Crippen molar-refractivity contribution in [2.45, 2.75) is 36.5 Å². The molecular weight excluding hydrogens is 282 g/mol. The molecule has 4 aliphatic rings. The summed E-state index contributed by atoms with van der Waals surface area (Å²) in [6.07, 6.45) is 2.59. The zero-order valence-corrected chi connectivity index (χ0v) is 11.9. The van der Waals surface area contributed by atoms with Crippen LogP contribution in [0, 0.1) is 11.1 Å². The number of nitrogens with zero attached hydrogens (tertiary/aromatic N) is 1. The molecule has 0 amide bonds. The van der Waals surface area contributed by atoms with E-state index in [-0.39, 0.29) is 18.2 Å². The second-order valence-corrected chi connectivity index (χ2v) is 6.97. The molecule has 6 atom stereocenters. The molecule has 0 aromatic heterocycles. The van der Waals surface area contributed by atoms with Crippen molar-refractivity contribution in [3.63, 3.8) is 0 Å². The lowest BCUT2D eigenvalue weighted by atomic mass is 9.53. The number of hydrogen-bond acceptors (Lipinski definition) is 4. The topological polar surface area (TPSA) is 72.8 Å². The quantitative estimate of drug-likeness (QED) is 0.429. The minimum Gasteiger partial charge on any atom is -0.633 e. The molecule has 2 aliphatic carbocycles. The van der Waals surface area contributed by atoms with Gasteiger partial charge in [0.05, 0.1) is 29.1 Å². The molecule has 22 heavy (non-hydrogen) atoms. The number of piperidine rings is 1. The van der Waals surface area contributed by atoms with Crippen molar-refractivity contribution < 1.29 is 23.7 Å². The molecule has 116 valence electrons. The highest BCUT2D eigenvalue weighted by atomic mass is 16.5. The van der Waals surface area contributed by atoms with Gasteiger partial charge in [-0.25, -0.2) is 0 Å². The van der Waals surface area contributed by atoms with Gasteiger partial charge in [0, 0.05) is 24.3 Å². The van der Waals surface area contributed by atoms with Gasteiger partial charge >= 0.3 is 0 Å². The number of rotatable bonds is 0. The molecule has 1 saturated heterocycles. The van der Waals surface area contributed by atoms with Crippen LogP contribution < -0.4 is 4.74 Å². The highest BCUT2D eigenvalue weighted by Gasteiger charge is 2.66. The van der Waals surface area contributed by atoms with Crippen molar-refractivity contribution in [3.8, 4) is 11.5 Å². The van der Waals surface area contributed by atoms with Gasteiger partial charge in [0.2, 0.25) is 0 Å². The molecule has 2 N–H and O–H groups in total. The fraction of sp³-hybridized carbons (Fsp3) is 0.529. The molecule has 1 fully saturated rings. The highest BCUT2D eigenvalue weighted by Crippen LogP contribution is 2.63. The summed E-state index contributed by atoms with van der Waals surface area (Å²) < 4.78 is 28.2. The van der Waals surface area contributed by atoms with Crippen molar-refractivity contribution in [3.05, 3.63) is 40.6 Å². The molecule has 0 unspecified atom stereocenters. The van der Waals surface area contributed by atoms with Crippen LogP contribution in [-0.4, -0.2) is 46.6 Å². The first-order valence-corrected chi connectivity index (χ1v) is 7.67. The Morgan fingerprint density at radius 2 is 2.32 bits per heavy atom. The van der Waals surface area contributed by atoms with Gasteiger partial charge in [-0.1, -0.05) is 18.2 Å². The largest absolute Gasteiger partial charge is 0.633 e. The third-order valence-corrected chi connectivity index (χ3v) is 6.10. The van der Waals surface area contributed by atoms with E-state index < -0.39 is 35.3 Å². The van der Waals surface area contributed by atoms with Gasteiger partial charge in [-0.2, -0.15) is 0 Å². The third kappa shape index (κ3) is 1.23. The molecule has 5 heteroatoms. The molecule has 5 nitrogen and oxygen atoms in total. The van der Waals surface area contributed by atoms with E-state index in [2.05, 4.69) is 0 Å². The monoisotopic (exact) mass is 304 g/mol. The number of benzene rings is 1. The first-order valence-electron chi connectivity index (χ1n) is 9.17. The molecular formula is C17H19NO4. The predicted octanol–water partition coefficient (Wildman–Crippen LogP) is 1.21. The maximum atomic E-state index is 13.4. The number of likely N-dealkylation sites (tertiary alicyclic amines) is 1. The molecule has 0 radical (unpaired) electrons. The zero-order chi connectivity index (χ0) is 17.8. The van der Waals surface area contributed by atoms with E-state index in [1.165, 1.54) is 6.07 Å². The number of aliphatic hydroxyl groups excluding tert-OH is 1. The van der Waals surface area contributed by atoms with E-state index in [1.54, 1.807) is 18.2 Å². The summed E-state index contributed by atoms with van der Waals surface area (Å²) in [5.74, 6) is 0.0767. The average Bonchev–Trinajstić information content (AvgIpc) is 2.89. The smallest absolute Gasteiger partial charge is 0.165 e. The van der Waals surface area contributed by atoms with Crippen LogP contribution in [0.4, 0.5) is 0 Å². The Morgan fingerprint density at radius 3 is 3.14 bits per heavy atom. The Hall–Kier alpha value is -1.56. The van der Waals surface area contributed by atoms with E-state index in [4.69, 9.17) is 8.85 Å². The van der Waals surface area contributed by atoms with Gasteiger partial charge in [-0.3, -0.25) is 0 Å². The lowest BCUT2D eigenvalue weighted by Gasteiger charge is -2.61. The van der Waals surface area contributed by atoms with Crippen molar-refractivity contribution in [1.29, 1.82) is 0 Å². The molecule has 1 aromatic rings. The molecule has 2 heterocycles. The van der Waals surface area contributed by atoms with Gasteiger partial charge in [-0.15, -0.1) is 0 Å². The van der Waals surface area contributed by atoms with Gasteiger partial charge in [0.1, 0.15) is 12.2 Å². The van der Waals surface area contributed by atoms with Crippen LogP contribution in [0.1, 0.15) is 21.7 Å². The van der Waals surface area contributed by atoms with Crippen molar-refractivity contribution in [2.24, 2.45) is 5.92 Å². The van der Waals surface area contributed by atoms with Crippen LogP contribution in [0.2, 0.25) is 0 Å². The summed E-state index contributed by atoms with van der Waals surface area (Å²) in [4.78, 5) is 0. The Labute approximate surface area is 132 Å². The Kier molecular flexibility index (Phi) is 1.71. The third-order valence-electron chi connectivity index (χ3n) is 6.10. The molecule has 2 bridgehead atoms. The van der Waals surface area contributed by atoms with Crippen LogP contribution in [0.3, 0.4) is 0 Å². The fourth-order valence-corrected chi connectivity index (χ4v) is 5.21. The summed E-state index contributed by atoms with van der Waals surface area (Å²) >= 11 is 0. The van der Waals surface area contributed by atoms with Gasteiger partial charge in [0.25, 0.3) is 0 Å². The summed E-state index contributed by atoms with van der Waals surface area (Å²) in [6, 6.07) is 2.62. The Balaban J connectivity index is 1.79. The first kappa shape index (κ1) is 10.3. The minimum absolute atomic E-state index is 0.0243. The lowest BCUT2D eigenvalue weighted by molar-refractivity contribution is -0.898. The molecule has 2 aliphatic heterocycles. The standard InChI is InChI=1S/C17H19NO4/c1-18(21)7-6-17-10-3-5-13(20)16(17)22-15-12(19)4-2-9(14(15)17)8-11(10)18/h2-5,10-11,13,16,19-20H,6-8H2,1H3/t10-,11+,13-,16-,17-,18+/m0/s1/i1D3. The van der Waals surface area contributed by atoms with E-state index in [0.717, 1.165) is 11.1 Å². The van der Waals surface area contributed by atoms with E-state index in [0.29, 0.717) is 18.6 Å². The van der Waals surface area contributed by atoms with Crippen LogP contribution in [-0.2, 0) is 11.8 Å². The Morgan fingerprint density at radius 1 is 1.45 bits per heavy atom. The number of aromatic hydroxyl groups is 1. The zero-order valence-electron chi connectivity index (χ0n) is 14.9. The number of aliphatic hydroxyl groups is 1. The number of phenols is 1. The summed E-state index contributed by atoms with van der Waals surface area (Å²) in [5.41, 5.74) is 1.07. The maximum absolute atomic E-state index is 13.4. The number of quaternary nitrogens is 1. The van der Waals surface area contributed by atoms with Gasteiger partial charge < -0.3 is 24.8 Å². The van der Waals surface area contributed by atoms with Crippen LogP contribution in [0.5, 0.6) is 11.5 Å². The number of hydroxylamine groups is 3. The number of likely N-dealkylation sites (N-methyl/N-ethyl adjacent to an activating group) is 1. The lowest BCUT2D eigenvalue weighted by Crippen LogP contribution is -2.69. The van der Waals surface area contributed by atoms with Gasteiger partial charge in [0.15, 0.2) is 11.5 Å². The van der Waals surface area contributed by atoms with Crippen molar-refractivity contribution >= 4 is 0 Å². The first-order chi connectivity index (χ1) is 11.7.